The van der Waals surface area contributed by atoms with Crippen LogP contribution in [0.15, 0.2) is 24.3 Å². The molecule has 1 fully saturated rings. The number of alkyl halides is 3. The molecule has 1 N–H and O–H groups in total. The van der Waals surface area contributed by atoms with Gasteiger partial charge in [0.2, 0.25) is 5.91 Å². The summed E-state index contributed by atoms with van der Waals surface area (Å²) in [5.41, 5.74) is -0.376. The molecule has 1 atom stereocenters. The Hall–Kier alpha value is -1.56. The van der Waals surface area contributed by atoms with Crippen molar-refractivity contribution < 1.29 is 23.1 Å². The Morgan fingerprint density at radius 2 is 2.10 bits per heavy atom. The Labute approximate surface area is 115 Å². The van der Waals surface area contributed by atoms with Gasteiger partial charge in [-0.25, -0.2) is 0 Å². The van der Waals surface area contributed by atoms with Gasteiger partial charge in [0.25, 0.3) is 0 Å². The van der Waals surface area contributed by atoms with Crippen molar-refractivity contribution in [3.8, 4) is 0 Å². The summed E-state index contributed by atoms with van der Waals surface area (Å²) in [7, 11) is 0. The Bertz CT molecular complexity index is 495. The Morgan fingerprint density at radius 3 is 2.60 bits per heavy atom. The van der Waals surface area contributed by atoms with Crippen molar-refractivity contribution >= 4 is 5.91 Å². The summed E-state index contributed by atoms with van der Waals surface area (Å²) in [4.78, 5) is 13.7. The zero-order valence-corrected chi connectivity index (χ0v) is 11.0. The Morgan fingerprint density at radius 1 is 1.45 bits per heavy atom. The lowest BCUT2D eigenvalue weighted by molar-refractivity contribution is -0.143. The highest BCUT2D eigenvalue weighted by Crippen LogP contribution is 2.32. The van der Waals surface area contributed by atoms with E-state index in [1.165, 1.54) is 17.0 Å². The zero-order valence-electron chi connectivity index (χ0n) is 11.0. The van der Waals surface area contributed by atoms with Crippen LogP contribution < -0.4 is 0 Å². The van der Waals surface area contributed by atoms with Gasteiger partial charge < -0.3 is 10.0 Å². The van der Waals surface area contributed by atoms with Crippen LogP contribution in [-0.4, -0.2) is 35.1 Å². The van der Waals surface area contributed by atoms with E-state index in [2.05, 4.69) is 0 Å². The quantitative estimate of drug-likeness (QED) is 0.927. The number of hydrogen-bond acceptors (Lipinski definition) is 2. The molecule has 1 heterocycles. The smallest absolute Gasteiger partial charge is 0.389 e. The second-order valence-electron chi connectivity index (χ2n) is 4.98. The average molecular weight is 287 g/mol. The second kappa shape index (κ2) is 5.44. The number of benzene rings is 1. The Kier molecular flexibility index (Phi) is 4.04. The third-order valence-electron chi connectivity index (χ3n) is 3.50. The van der Waals surface area contributed by atoms with E-state index in [1.807, 2.05) is 0 Å². The van der Waals surface area contributed by atoms with Crippen molar-refractivity contribution in [1.82, 2.24) is 4.90 Å². The maximum Gasteiger partial charge on any atom is 0.416 e. The molecule has 3 nitrogen and oxygen atoms in total. The molecule has 0 aliphatic carbocycles. The van der Waals surface area contributed by atoms with E-state index in [9.17, 15) is 23.1 Å². The van der Waals surface area contributed by atoms with Crippen molar-refractivity contribution in [3.05, 3.63) is 35.4 Å². The van der Waals surface area contributed by atoms with Crippen molar-refractivity contribution in [2.45, 2.75) is 31.5 Å². The number of aliphatic hydroxyl groups excluding tert-OH is 1. The highest BCUT2D eigenvalue weighted by atomic mass is 19.4. The molecule has 20 heavy (non-hydrogen) atoms. The number of aliphatic hydroxyl groups is 1. The van der Waals surface area contributed by atoms with Crippen molar-refractivity contribution in [3.63, 3.8) is 0 Å². The summed E-state index contributed by atoms with van der Waals surface area (Å²) in [6.07, 6.45) is -4.50. The third-order valence-corrected chi connectivity index (χ3v) is 3.50. The van der Waals surface area contributed by atoms with Crippen LogP contribution in [0.25, 0.3) is 0 Å². The largest absolute Gasteiger partial charge is 0.416 e. The number of amides is 1. The molecule has 0 aromatic heterocycles. The van der Waals surface area contributed by atoms with Gasteiger partial charge in [0, 0.05) is 13.1 Å². The number of carbonyl (C=O) groups is 1. The summed E-state index contributed by atoms with van der Waals surface area (Å²) in [6, 6.07) is 4.88. The van der Waals surface area contributed by atoms with E-state index >= 15 is 0 Å². The number of hydrogen-bond donors (Lipinski definition) is 1. The summed E-state index contributed by atoms with van der Waals surface area (Å²) < 4.78 is 38.1. The van der Waals surface area contributed by atoms with E-state index in [0.29, 0.717) is 12.0 Å². The average Bonchev–Trinajstić information content (AvgIpc) is 2.35. The predicted octanol–water partition coefficient (Wildman–Crippen LogP) is 2.40. The first-order chi connectivity index (χ1) is 9.32. The maximum atomic E-state index is 12.7. The van der Waals surface area contributed by atoms with Gasteiger partial charge in [0.15, 0.2) is 0 Å². The minimum atomic E-state index is -4.41. The number of likely N-dealkylation sites (tertiary alicyclic amines) is 1. The molecule has 1 aromatic carbocycles. The van der Waals surface area contributed by atoms with E-state index in [1.54, 1.807) is 6.92 Å². The highest BCUT2D eigenvalue weighted by molar-refractivity contribution is 5.84. The van der Waals surface area contributed by atoms with Crippen LogP contribution in [-0.2, 0) is 11.0 Å². The van der Waals surface area contributed by atoms with Crippen LogP contribution in [0.4, 0.5) is 13.2 Å². The fourth-order valence-corrected chi connectivity index (χ4v) is 2.34. The molecule has 2 rings (SSSR count). The summed E-state index contributed by atoms with van der Waals surface area (Å²) in [5.74, 6) is -0.818. The minimum Gasteiger partial charge on any atom is -0.389 e. The molecular formula is C14H16F3NO2. The molecule has 0 bridgehead atoms. The van der Waals surface area contributed by atoms with Crippen LogP contribution in [0.3, 0.4) is 0 Å². The van der Waals surface area contributed by atoms with Crippen LogP contribution >= 0.6 is 0 Å². The maximum absolute atomic E-state index is 12.7. The Balaban J connectivity index is 2.21. The number of rotatable bonds is 3. The van der Waals surface area contributed by atoms with Gasteiger partial charge in [-0.3, -0.25) is 4.79 Å². The zero-order chi connectivity index (χ0) is 14.9. The van der Waals surface area contributed by atoms with Gasteiger partial charge in [0.1, 0.15) is 0 Å². The van der Waals surface area contributed by atoms with Crippen molar-refractivity contribution in [2.24, 2.45) is 0 Å². The lowest BCUT2D eigenvalue weighted by atomic mass is 9.92. The summed E-state index contributed by atoms with van der Waals surface area (Å²) in [6.45, 7) is 2.28. The van der Waals surface area contributed by atoms with Gasteiger partial charge in [-0.15, -0.1) is 0 Å². The number of carbonyl (C=O) groups excluding carboxylic acids is 1. The third kappa shape index (κ3) is 2.95. The molecule has 1 aliphatic heterocycles. The summed E-state index contributed by atoms with van der Waals surface area (Å²) >= 11 is 0. The SMILES string of the molecule is CCC(C(=O)N1CC(O)C1)c1cccc(C(F)(F)F)c1. The van der Waals surface area contributed by atoms with Crippen molar-refractivity contribution in [1.29, 1.82) is 0 Å². The molecule has 1 unspecified atom stereocenters. The van der Waals surface area contributed by atoms with Crippen LogP contribution in [0.2, 0.25) is 0 Å². The first kappa shape index (κ1) is 14.8. The molecule has 0 spiro atoms. The molecule has 1 aliphatic rings. The van der Waals surface area contributed by atoms with E-state index in [0.717, 1.165) is 12.1 Å². The van der Waals surface area contributed by atoms with E-state index in [4.69, 9.17) is 0 Å². The van der Waals surface area contributed by atoms with Crippen LogP contribution in [0.1, 0.15) is 30.4 Å². The van der Waals surface area contributed by atoms with Gasteiger partial charge in [-0.2, -0.15) is 13.2 Å². The van der Waals surface area contributed by atoms with E-state index < -0.39 is 23.8 Å². The molecule has 0 saturated carbocycles. The fourth-order valence-electron chi connectivity index (χ4n) is 2.34. The molecule has 0 radical (unpaired) electrons. The fraction of sp³-hybridized carbons (Fsp3) is 0.500. The molecule has 1 amide bonds. The monoisotopic (exact) mass is 287 g/mol. The minimum absolute atomic E-state index is 0.225. The summed E-state index contributed by atoms with van der Waals surface area (Å²) in [5, 5.41) is 9.20. The van der Waals surface area contributed by atoms with Gasteiger partial charge in [-0.1, -0.05) is 25.1 Å². The van der Waals surface area contributed by atoms with Gasteiger partial charge in [0.05, 0.1) is 17.6 Å². The molecule has 110 valence electrons. The normalized spacial score (nSPS) is 17.8. The topological polar surface area (TPSA) is 40.5 Å². The first-order valence-electron chi connectivity index (χ1n) is 6.47. The lowest BCUT2D eigenvalue weighted by Gasteiger charge is -2.38. The predicted molar refractivity (Wildman–Crippen MR) is 67.1 cm³/mol. The second-order valence-corrected chi connectivity index (χ2v) is 4.98. The standard InChI is InChI=1S/C14H16F3NO2/c1-2-12(13(20)18-7-11(19)8-18)9-4-3-5-10(6-9)14(15,16)17/h3-6,11-12,19H,2,7-8H2,1H3. The molecule has 1 saturated heterocycles. The first-order valence-corrected chi connectivity index (χ1v) is 6.47. The number of nitrogens with zero attached hydrogens (tertiary/aromatic N) is 1. The van der Waals surface area contributed by atoms with Gasteiger partial charge in [-0.05, 0) is 18.1 Å². The molecular weight excluding hydrogens is 271 g/mol. The lowest BCUT2D eigenvalue weighted by Crippen LogP contribution is -2.54. The van der Waals surface area contributed by atoms with Crippen molar-refractivity contribution in [2.75, 3.05) is 13.1 Å². The molecule has 1 aromatic rings. The van der Waals surface area contributed by atoms with E-state index in [-0.39, 0.29) is 19.0 Å². The molecule has 6 heteroatoms. The highest BCUT2D eigenvalue weighted by Gasteiger charge is 2.35. The number of halogens is 3. The van der Waals surface area contributed by atoms with Crippen LogP contribution in [0, 0.1) is 0 Å². The van der Waals surface area contributed by atoms with Crippen LogP contribution in [0.5, 0.6) is 0 Å². The van der Waals surface area contributed by atoms with Gasteiger partial charge >= 0.3 is 6.18 Å². The number of β-amino-alcohol motifs (C(OH)–C–C–N with tert-alkyl or cyclic N) is 1.